The van der Waals surface area contributed by atoms with Gasteiger partial charge < -0.3 is 10.4 Å². The predicted octanol–water partition coefficient (Wildman–Crippen LogP) is 3.35. The molecule has 19 heavy (non-hydrogen) atoms. The van der Waals surface area contributed by atoms with Gasteiger partial charge in [-0.3, -0.25) is 0 Å². The second kappa shape index (κ2) is 5.99. The number of rotatable bonds is 5. The molecule has 0 saturated heterocycles. The number of aryl methyl sites for hydroxylation is 2. The molecule has 0 radical (unpaired) electrons. The average molecular weight is 275 g/mol. The average Bonchev–Trinajstić information content (AvgIpc) is 2.71. The summed E-state index contributed by atoms with van der Waals surface area (Å²) in [7, 11) is 0. The van der Waals surface area contributed by atoms with E-state index in [1.54, 1.807) is 6.07 Å². The van der Waals surface area contributed by atoms with Gasteiger partial charge in [-0.2, -0.15) is 0 Å². The minimum Gasteiger partial charge on any atom is -0.477 e. The molecule has 0 amide bonds. The molecular formula is C15H17NO2S. The van der Waals surface area contributed by atoms with Crippen molar-refractivity contribution >= 4 is 17.3 Å². The third-order valence-corrected chi connectivity index (χ3v) is 4.15. The summed E-state index contributed by atoms with van der Waals surface area (Å²) in [5.41, 5.74) is 3.53. The van der Waals surface area contributed by atoms with Crippen molar-refractivity contribution in [2.45, 2.75) is 26.9 Å². The molecule has 0 fully saturated rings. The Kier molecular flexibility index (Phi) is 4.35. The standard InChI is InChI=1S/C15H17NO2S/c1-10-4-3-5-12(6-10)8-16-9-14-11(2)7-13(19-14)15(17)18/h3-7,16H,8-9H2,1-2H3,(H,17,18). The van der Waals surface area contributed by atoms with E-state index in [9.17, 15) is 4.79 Å². The van der Waals surface area contributed by atoms with E-state index in [1.807, 2.05) is 13.0 Å². The molecule has 2 N–H and O–H groups in total. The quantitative estimate of drug-likeness (QED) is 0.879. The normalized spacial score (nSPS) is 10.6. The summed E-state index contributed by atoms with van der Waals surface area (Å²) < 4.78 is 0. The molecule has 2 aromatic rings. The van der Waals surface area contributed by atoms with E-state index in [0.29, 0.717) is 11.4 Å². The van der Waals surface area contributed by atoms with Gasteiger partial charge in [-0.15, -0.1) is 11.3 Å². The molecule has 3 nitrogen and oxygen atoms in total. The highest BCUT2D eigenvalue weighted by Gasteiger charge is 2.10. The Morgan fingerprint density at radius 3 is 2.68 bits per heavy atom. The third kappa shape index (κ3) is 3.66. The van der Waals surface area contributed by atoms with E-state index in [-0.39, 0.29) is 0 Å². The molecule has 0 bridgehead atoms. The maximum absolute atomic E-state index is 10.9. The zero-order valence-electron chi connectivity index (χ0n) is 11.1. The first kappa shape index (κ1) is 13.8. The Bertz CT molecular complexity index is 590. The van der Waals surface area contributed by atoms with Gasteiger partial charge in [0.15, 0.2) is 0 Å². The molecule has 0 saturated carbocycles. The number of aromatic carboxylic acids is 1. The van der Waals surface area contributed by atoms with Gasteiger partial charge in [-0.1, -0.05) is 29.8 Å². The van der Waals surface area contributed by atoms with Gasteiger partial charge in [-0.05, 0) is 31.0 Å². The fourth-order valence-electron chi connectivity index (χ4n) is 1.94. The monoisotopic (exact) mass is 275 g/mol. The molecule has 1 aromatic heterocycles. The first-order valence-corrected chi connectivity index (χ1v) is 6.97. The zero-order valence-corrected chi connectivity index (χ0v) is 11.9. The van der Waals surface area contributed by atoms with E-state index >= 15 is 0 Å². The van der Waals surface area contributed by atoms with Gasteiger partial charge >= 0.3 is 5.97 Å². The molecule has 0 unspecified atom stereocenters. The third-order valence-electron chi connectivity index (χ3n) is 2.93. The highest BCUT2D eigenvalue weighted by Crippen LogP contribution is 2.21. The Balaban J connectivity index is 1.94. The Morgan fingerprint density at radius 1 is 1.26 bits per heavy atom. The molecule has 0 aliphatic rings. The van der Waals surface area contributed by atoms with Crippen LogP contribution in [0.2, 0.25) is 0 Å². The number of hydrogen-bond acceptors (Lipinski definition) is 3. The number of nitrogens with one attached hydrogen (secondary N) is 1. The Labute approximate surface area is 116 Å². The molecular weight excluding hydrogens is 258 g/mol. The van der Waals surface area contributed by atoms with Crippen LogP contribution in [-0.2, 0) is 13.1 Å². The zero-order chi connectivity index (χ0) is 13.8. The lowest BCUT2D eigenvalue weighted by Gasteiger charge is -2.05. The van der Waals surface area contributed by atoms with E-state index in [2.05, 4.69) is 30.4 Å². The van der Waals surface area contributed by atoms with Crippen LogP contribution in [0.4, 0.5) is 0 Å². The second-order valence-corrected chi connectivity index (χ2v) is 5.75. The number of carboxylic acids is 1. The summed E-state index contributed by atoms with van der Waals surface area (Å²) in [4.78, 5) is 12.4. The summed E-state index contributed by atoms with van der Waals surface area (Å²) in [6.07, 6.45) is 0. The van der Waals surface area contributed by atoms with Crippen molar-refractivity contribution in [3.05, 3.63) is 56.8 Å². The van der Waals surface area contributed by atoms with Crippen molar-refractivity contribution in [2.24, 2.45) is 0 Å². The van der Waals surface area contributed by atoms with Crippen molar-refractivity contribution in [1.29, 1.82) is 0 Å². The highest BCUT2D eigenvalue weighted by atomic mass is 32.1. The topological polar surface area (TPSA) is 49.3 Å². The van der Waals surface area contributed by atoms with E-state index in [1.165, 1.54) is 22.5 Å². The van der Waals surface area contributed by atoms with Crippen LogP contribution in [-0.4, -0.2) is 11.1 Å². The van der Waals surface area contributed by atoms with Crippen LogP contribution in [0.1, 0.15) is 31.2 Å². The van der Waals surface area contributed by atoms with Gasteiger partial charge in [0.25, 0.3) is 0 Å². The summed E-state index contributed by atoms with van der Waals surface area (Å²) in [6.45, 7) is 5.53. The summed E-state index contributed by atoms with van der Waals surface area (Å²) in [5.74, 6) is -0.849. The minimum absolute atomic E-state index is 0.407. The lowest BCUT2D eigenvalue weighted by molar-refractivity contribution is 0.0702. The van der Waals surface area contributed by atoms with Crippen molar-refractivity contribution < 1.29 is 9.90 Å². The summed E-state index contributed by atoms with van der Waals surface area (Å²) >= 11 is 1.34. The van der Waals surface area contributed by atoms with Crippen molar-refractivity contribution in [2.75, 3.05) is 0 Å². The fraction of sp³-hybridized carbons (Fsp3) is 0.267. The minimum atomic E-state index is -0.849. The number of carbonyl (C=O) groups is 1. The smallest absolute Gasteiger partial charge is 0.345 e. The van der Waals surface area contributed by atoms with E-state index < -0.39 is 5.97 Å². The molecule has 0 aliphatic heterocycles. The van der Waals surface area contributed by atoms with Crippen molar-refractivity contribution in [3.8, 4) is 0 Å². The van der Waals surface area contributed by atoms with Crippen LogP contribution in [0.15, 0.2) is 30.3 Å². The largest absolute Gasteiger partial charge is 0.477 e. The summed E-state index contributed by atoms with van der Waals surface area (Å²) in [5, 5.41) is 12.3. The number of hydrogen-bond donors (Lipinski definition) is 2. The Morgan fingerprint density at radius 2 is 2.05 bits per heavy atom. The van der Waals surface area contributed by atoms with Gasteiger partial charge in [0, 0.05) is 18.0 Å². The van der Waals surface area contributed by atoms with Gasteiger partial charge in [0.1, 0.15) is 4.88 Å². The lowest BCUT2D eigenvalue weighted by atomic mass is 10.1. The van der Waals surface area contributed by atoms with E-state index in [4.69, 9.17) is 5.11 Å². The molecule has 0 spiro atoms. The predicted molar refractivity (Wildman–Crippen MR) is 77.7 cm³/mol. The molecule has 2 rings (SSSR count). The van der Waals surface area contributed by atoms with Crippen LogP contribution in [0.5, 0.6) is 0 Å². The summed E-state index contributed by atoms with van der Waals surface area (Å²) in [6, 6.07) is 10.1. The first-order chi connectivity index (χ1) is 9.06. The number of benzene rings is 1. The van der Waals surface area contributed by atoms with Gasteiger partial charge in [0.2, 0.25) is 0 Å². The first-order valence-electron chi connectivity index (χ1n) is 6.15. The molecule has 4 heteroatoms. The molecule has 100 valence electrons. The Hall–Kier alpha value is -1.65. The molecule has 1 heterocycles. The lowest BCUT2D eigenvalue weighted by Crippen LogP contribution is -2.12. The maximum Gasteiger partial charge on any atom is 0.345 e. The molecule has 0 atom stereocenters. The number of carboxylic acid groups (broad SMARTS) is 1. The van der Waals surface area contributed by atoms with Crippen molar-refractivity contribution in [1.82, 2.24) is 5.32 Å². The maximum atomic E-state index is 10.9. The second-order valence-electron chi connectivity index (χ2n) is 4.61. The van der Waals surface area contributed by atoms with Crippen LogP contribution >= 0.6 is 11.3 Å². The fourth-order valence-corrected chi connectivity index (χ4v) is 2.93. The van der Waals surface area contributed by atoms with Crippen molar-refractivity contribution in [3.63, 3.8) is 0 Å². The number of thiophene rings is 1. The van der Waals surface area contributed by atoms with Crippen LogP contribution < -0.4 is 5.32 Å². The van der Waals surface area contributed by atoms with Crippen LogP contribution in [0, 0.1) is 13.8 Å². The molecule has 1 aromatic carbocycles. The molecule has 0 aliphatic carbocycles. The van der Waals surface area contributed by atoms with Gasteiger partial charge in [-0.25, -0.2) is 4.79 Å². The van der Waals surface area contributed by atoms with E-state index in [0.717, 1.165) is 17.0 Å². The highest BCUT2D eigenvalue weighted by molar-refractivity contribution is 7.14. The SMILES string of the molecule is Cc1cccc(CNCc2sc(C(=O)O)cc2C)c1. The van der Waals surface area contributed by atoms with Crippen LogP contribution in [0.25, 0.3) is 0 Å². The van der Waals surface area contributed by atoms with Crippen LogP contribution in [0.3, 0.4) is 0 Å². The van der Waals surface area contributed by atoms with Gasteiger partial charge in [0.05, 0.1) is 0 Å².